The Morgan fingerprint density at radius 2 is 2.14 bits per heavy atom. The van der Waals surface area contributed by atoms with Crippen molar-refractivity contribution in [3.05, 3.63) is 11.6 Å². The number of aromatic nitrogens is 3. The number of H-pyrrole nitrogens is 1. The van der Waals surface area contributed by atoms with Crippen molar-refractivity contribution >= 4 is 5.91 Å². The van der Waals surface area contributed by atoms with Crippen molar-refractivity contribution in [3.8, 4) is 0 Å². The maximum absolute atomic E-state index is 12.4. The second-order valence-electron chi connectivity index (χ2n) is 6.94. The zero-order valence-electron chi connectivity index (χ0n) is 13.5. The van der Waals surface area contributed by atoms with Crippen molar-refractivity contribution in [2.45, 2.75) is 51.2 Å². The van der Waals surface area contributed by atoms with Gasteiger partial charge in [0.05, 0.1) is 13.2 Å². The first-order valence-corrected chi connectivity index (χ1v) is 7.90. The van der Waals surface area contributed by atoms with Crippen LogP contribution in [-0.2, 0) is 19.7 Å². The van der Waals surface area contributed by atoms with Crippen molar-refractivity contribution in [1.82, 2.24) is 20.1 Å². The Bertz CT molecular complexity index is 531. The predicted molar refractivity (Wildman–Crippen MR) is 79.3 cm³/mol. The summed E-state index contributed by atoms with van der Waals surface area (Å²) in [4.78, 5) is 18.8. The van der Waals surface area contributed by atoms with Gasteiger partial charge in [-0.15, -0.1) is 0 Å². The molecule has 1 aromatic heterocycles. The van der Waals surface area contributed by atoms with E-state index < -0.39 is 0 Å². The first kappa shape index (κ1) is 15.4. The van der Waals surface area contributed by atoms with E-state index in [1.54, 1.807) is 0 Å². The molecule has 0 unspecified atom stereocenters. The Balaban J connectivity index is 1.67. The van der Waals surface area contributed by atoms with Gasteiger partial charge in [0.25, 0.3) is 5.91 Å². The van der Waals surface area contributed by atoms with Gasteiger partial charge in [0.15, 0.2) is 11.6 Å². The first-order chi connectivity index (χ1) is 10.4. The lowest BCUT2D eigenvalue weighted by Gasteiger charge is -2.33. The molecule has 0 aliphatic carbocycles. The molecule has 0 radical (unpaired) electrons. The molecule has 122 valence electrons. The van der Waals surface area contributed by atoms with Crippen molar-refractivity contribution in [2.75, 3.05) is 26.3 Å². The molecule has 0 saturated carbocycles. The summed E-state index contributed by atoms with van der Waals surface area (Å²) in [6.45, 7) is 8.49. The number of nitrogens with zero attached hydrogens (tertiary/aromatic N) is 3. The van der Waals surface area contributed by atoms with Crippen LogP contribution in [0.5, 0.6) is 0 Å². The smallest absolute Gasteiger partial charge is 0.251 e. The molecule has 3 heterocycles. The monoisotopic (exact) mass is 308 g/mol. The van der Waals surface area contributed by atoms with Gasteiger partial charge in [-0.25, -0.2) is 4.98 Å². The summed E-state index contributed by atoms with van der Waals surface area (Å²) in [7, 11) is 0. The third-order valence-electron chi connectivity index (χ3n) is 4.06. The third-order valence-corrected chi connectivity index (χ3v) is 4.06. The van der Waals surface area contributed by atoms with E-state index >= 15 is 0 Å². The van der Waals surface area contributed by atoms with Gasteiger partial charge in [0, 0.05) is 18.6 Å². The zero-order valence-corrected chi connectivity index (χ0v) is 13.5. The standard InChI is InChI=1S/C15H24N4O3/c1-15(2,3)14-16-12(17-18-14)11-9-19(6-8-22-11)13(20)10-5-4-7-21-10/h10-11H,4-9H2,1-3H3,(H,16,17,18)/t10-,11+/m1/s1. The molecule has 7 heteroatoms. The molecule has 2 atom stereocenters. The van der Waals surface area contributed by atoms with Crippen LogP contribution in [0.4, 0.5) is 0 Å². The van der Waals surface area contributed by atoms with Crippen LogP contribution in [0.3, 0.4) is 0 Å². The molecule has 2 aliphatic heterocycles. The Kier molecular flexibility index (Phi) is 4.18. The van der Waals surface area contributed by atoms with E-state index in [2.05, 4.69) is 36.0 Å². The second-order valence-corrected chi connectivity index (χ2v) is 6.94. The SMILES string of the molecule is CC(C)(C)c1n[nH]c([C@@H]2CN(C(=O)[C@H]3CCCO3)CCO2)n1. The highest BCUT2D eigenvalue weighted by Gasteiger charge is 2.33. The Hall–Kier alpha value is -1.47. The summed E-state index contributed by atoms with van der Waals surface area (Å²) < 4.78 is 11.3. The van der Waals surface area contributed by atoms with Gasteiger partial charge in [0.1, 0.15) is 12.2 Å². The minimum Gasteiger partial charge on any atom is -0.368 e. The van der Waals surface area contributed by atoms with Gasteiger partial charge in [-0.2, -0.15) is 5.10 Å². The quantitative estimate of drug-likeness (QED) is 0.887. The third kappa shape index (κ3) is 3.15. The molecule has 0 aromatic carbocycles. The fourth-order valence-electron chi connectivity index (χ4n) is 2.74. The maximum atomic E-state index is 12.4. The number of hydrogen-bond donors (Lipinski definition) is 1. The van der Waals surface area contributed by atoms with Crippen LogP contribution in [0.1, 0.15) is 51.4 Å². The number of ether oxygens (including phenoxy) is 2. The molecule has 0 spiro atoms. The zero-order chi connectivity index (χ0) is 15.7. The van der Waals surface area contributed by atoms with Gasteiger partial charge in [-0.1, -0.05) is 20.8 Å². The largest absolute Gasteiger partial charge is 0.368 e. The second kappa shape index (κ2) is 5.96. The average molecular weight is 308 g/mol. The fraction of sp³-hybridized carbons (Fsp3) is 0.800. The van der Waals surface area contributed by atoms with Crippen LogP contribution in [0.25, 0.3) is 0 Å². The predicted octanol–water partition coefficient (Wildman–Crippen LogP) is 1.18. The summed E-state index contributed by atoms with van der Waals surface area (Å²) in [5, 5.41) is 7.22. The summed E-state index contributed by atoms with van der Waals surface area (Å²) >= 11 is 0. The van der Waals surface area contributed by atoms with E-state index in [1.807, 2.05) is 4.90 Å². The lowest BCUT2D eigenvalue weighted by molar-refractivity contribution is -0.148. The molecule has 0 bridgehead atoms. The van der Waals surface area contributed by atoms with Gasteiger partial charge in [-0.3, -0.25) is 9.89 Å². The van der Waals surface area contributed by atoms with Crippen molar-refractivity contribution < 1.29 is 14.3 Å². The van der Waals surface area contributed by atoms with Crippen molar-refractivity contribution in [2.24, 2.45) is 0 Å². The summed E-state index contributed by atoms with van der Waals surface area (Å²) in [5.74, 6) is 1.52. The Morgan fingerprint density at radius 3 is 2.77 bits per heavy atom. The van der Waals surface area contributed by atoms with Gasteiger partial charge in [-0.05, 0) is 12.8 Å². The number of aromatic amines is 1. The van der Waals surface area contributed by atoms with Crippen molar-refractivity contribution in [1.29, 1.82) is 0 Å². The van der Waals surface area contributed by atoms with Crippen LogP contribution in [-0.4, -0.2) is 58.4 Å². The molecule has 7 nitrogen and oxygen atoms in total. The normalized spacial score (nSPS) is 26.4. The molecule has 2 saturated heterocycles. The molecule has 3 rings (SSSR count). The molecule has 2 fully saturated rings. The Labute approximate surface area is 130 Å². The summed E-state index contributed by atoms with van der Waals surface area (Å²) in [5.41, 5.74) is -0.114. The summed E-state index contributed by atoms with van der Waals surface area (Å²) in [6, 6.07) is 0. The van der Waals surface area contributed by atoms with Gasteiger partial charge >= 0.3 is 0 Å². The van der Waals surface area contributed by atoms with Crippen LogP contribution in [0.15, 0.2) is 0 Å². The molecule has 1 amide bonds. The number of rotatable bonds is 2. The lowest BCUT2D eigenvalue weighted by Crippen LogP contribution is -2.46. The topological polar surface area (TPSA) is 80.3 Å². The van der Waals surface area contributed by atoms with E-state index in [0.717, 1.165) is 18.7 Å². The van der Waals surface area contributed by atoms with Crippen LogP contribution >= 0.6 is 0 Å². The lowest BCUT2D eigenvalue weighted by atomic mass is 9.96. The van der Waals surface area contributed by atoms with E-state index in [9.17, 15) is 4.79 Å². The highest BCUT2D eigenvalue weighted by atomic mass is 16.5. The fourth-order valence-corrected chi connectivity index (χ4v) is 2.74. The Morgan fingerprint density at radius 1 is 1.32 bits per heavy atom. The first-order valence-electron chi connectivity index (χ1n) is 7.90. The van der Waals surface area contributed by atoms with Crippen LogP contribution in [0, 0.1) is 0 Å². The number of amides is 1. The van der Waals surface area contributed by atoms with Gasteiger partial charge < -0.3 is 14.4 Å². The van der Waals surface area contributed by atoms with E-state index in [-0.39, 0.29) is 23.5 Å². The van der Waals surface area contributed by atoms with Crippen LogP contribution in [0.2, 0.25) is 0 Å². The number of nitrogens with one attached hydrogen (secondary N) is 1. The van der Waals surface area contributed by atoms with E-state index in [1.165, 1.54) is 0 Å². The number of morpholine rings is 1. The highest BCUT2D eigenvalue weighted by molar-refractivity contribution is 5.81. The molecular formula is C15H24N4O3. The molecule has 1 N–H and O–H groups in total. The number of carbonyl (C=O) groups excluding carboxylic acids is 1. The number of carbonyl (C=O) groups is 1. The molecular weight excluding hydrogens is 284 g/mol. The van der Waals surface area contributed by atoms with E-state index in [4.69, 9.17) is 9.47 Å². The minimum absolute atomic E-state index is 0.0707. The number of hydrogen-bond acceptors (Lipinski definition) is 5. The van der Waals surface area contributed by atoms with Crippen molar-refractivity contribution in [3.63, 3.8) is 0 Å². The van der Waals surface area contributed by atoms with E-state index in [0.29, 0.717) is 32.1 Å². The highest BCUT2D eigenvalue weighted by Crippen LogP contribution is 2.24. The molecule has 2 aliphatic rings. The van der Waals surface area contributed by atoms with Gasteiger partial charge in [0.2, 0.25) is 0 Å². The maximum Gasteiger partial charge on any atom is 0.251 e. The summed E-state index contributed by atoms with van der Waals surface area (Å²) in [6.07, 6.45) is 1.25. The molecule has 1 aromatic rings. The average Bonchev–Trinajstić information content (AvgIpc) is 3.17. The van der Waals surface area contributed by atoms with Crippen LogP contribution < -0.4 is 0 Å². The molecule has 22 heavy (non-hydrogen) atoms. The minimum atomic E-state index is -0.279.